The number of aliphatic carboxylic acids is 1. The molecule has 7 rings (SSSR count). The maximum absolute atomic E-state index is 15.3. The largest absolute Gasteiger partial charge is 0.488 e. The number of carbonyl (C=O) groups excluding carboxylic acids is 3. The Hall–Kier alpha value is -7.23. The van der Waals surface area contributed by atoms with Crippen LogP contribution in [0.3, 0.4) is 0 Å². The van der Waals surface area contributed by atoms with Crippen LogP contribution >= 0.6 is 23.4 Å². The molecule has 7 aromatic rings. The van der Waals surface area contributed by atoms with Gasteiger partial charge in [-0.05, 0) is 97.0 Å². The Morgan fingerprint density at radius 3 is 1.38 bits per heavy atom. The van der Waals surface area contributed by atoms with E-state index in [4.69, 9.17) is 16.3 Å². The number of carbonyl (C=O) groups is 4. The van der Waals surface area contributed by atoms with Crippen LogP contribution in [0, 0.1) is 0 Å². The second-order valence-electron chi connectivity index (χ2n) is 18.7. The highest BCUT2D eigenvalue weighted by molar-refractivity contribution is 8.00. The van der Waals surface area contributed by atoms with Gasteiger partial charge in [0.25, 0.3) is 0 Å². The zero-order chi connectivity index (χ0) is 52.7. The van der Waals surface area contributed by atoms with E-state index < -0.39 is 68.2 Å². The SMILES string of the molecule is CC(C)(C)Oc1ccc(C[C@H](NC(=O)[C@@H](CSC(c2ccccc2)(c2ccccc2)c2ccccc2)NC(=O)[C@H](Cc2ccc(Cl)cc2)NS(=O)(=O)c2ccccc2)C(=O)N[C@H](Cc2ccccc2)C(=O)O)cc1. The number of rotatable bonds is 23. The maximum atomic E-state index is 15.3. The molecule has 0 radical (unpaired) electrons. The van der Waals surface area contributed by atoms with Crippen molar-refractivity contribution in [3.05, 3.63) is 239 Å². The van der Waals surface area contributed by atoms with E-state index in [9.17, 15) is 27.9 Å². The first-order chi connectivity index (χ1) is 35.5. The minimum Gasteiger partial charge on any atom is -0.488 e. The van der Waals surface area contributed by atoms with Crippen molar-refractivity contribution in [3.63, 3.8) is 0 Å². The number of carboxylic acids is 1. The number of halogens is 1. The fraction of sp³-hybridized carbons (Fsp3) is 0.220. The van der Waals surface area contributed by atoms with E-state index in [2.05, 4.69) is 20.7 Å². The van der Waals surface area contributed by atoms with Crippen molar-refractivity contribution in [2.45, 2.75) is 79.4 Å². The van der Waals surface area contributed by atoms with Crippen molar-refractivity contribution in [3.8, 4) is 5.75 Å². The van der Waals surface area contributed by atoms with E-state index in [0.717, 1.165) is 16.7 Å². The molecule has 0 spiro atoms. The Balaban J connectivity index is 1.30. The molecule has 382 valence electrons. The van der Waals surface area contributed by atoms with Gasteiger partial charge in [0.1, 0.15) is 35.5 Å². The van der Waals surface area contributed by atoms with Crippen molar-refractivity contribution < 1.29 is 37.4 Å². The summed E-state index contributed by atoms with van der Waals surface area (Å²) in [4.78, 5) is 57.6. The summed E-state index contributed by atoms with van der Waals surface area (Å²) in [5.74, 6) is -3.20. The Morgan fingerprint density at radius 2 is 0.892 bits per heavy atom. The van der Waals surface area contributed by atoms with Gasteiger partial charge in [-0.3, -0.25) is 14.4 Å². The van der Waals surface area contributed by atoms with Crippen LogP contribution in [-0.2, 0) is 53.2 Å². The smallest absolute Gasteiger partial charge is 0.326 e. The Bertz CT molecular complexity index is 2960. The molecule has 74 heavy (non-hydrogen) atoms. The topological polar surface area (TPSA) is 180 Å². The summed E-state index contributed by atoms with van der Waals surface area (Å²) in [5.41, 5.74) is 4.00. The molecule has 5 N–H and O–H groups in total. The van der Waals surface area contributed by atoms with Crippen molar-refractivity contribution in [2.75, 3.05) is 5.75 Å². The lowest BCUT2D eigenvalue weighted by atomic mass is 9.84. The van der Waals surface area contributed by atoms with Crippen LogP contribution in [0.4, 0.5) is 0 Å². The second kappa shape index (κ2) is 25.1. The number of benzene rings is 7. The molecule has 0 aromatic heterocycles. The van der Waals surface area contributed by atoms with Crippen LogP contribution < -0.4 is 25.4 Å². The fourth-order valence-corrected chi connectivity index (χ4v) is 11.3. The third-order valence-electron chi connectivity index (χ3n) is 12.0. The van der Waals surface area contributed by atoms with Gasteiger partial charge in [0.05, 0.1) is 9.64 Å². The Labute approximate surface area is 442 Å². The first-order valence-corrected chi connectivity index (χ1v) is 26.9. The third-order valence-corrected chi connectivity index (χ3v) is 15.4. The normalized spacial score (nSPS) is 13.4. The predicted molar refractivity (Wildman–Crippen MR) is 291 cm³/mol. The van der Waals surface area contributed by atoms with Crippen LogP contribution in [0.25, 0.3) is 0 Å². The summed E-state index contributed by atoms with van der Waals surface area (Å²) in [6.07, 6.45) is -0.251. The van der Waals surface area contributed by atoms with Gasteiger partial charge >= 0.3 is 5.97 Å². The van der Waals surface area contributed by atoms with E-state index in [0.29, 0.717) is 27.5 Å². The second-order valence-corrected chi connectivity index (χ2v) is 22.1. The first-order valence-electron chi connectivity index (χ1n) is 24.1. The predicted octanol–water partition coefficient (Wildman–Crippen LogP) is 9.16. The Kier molecular flexibility index (Phi) is 18.5. The number of hydrogen-bond acceptors (Lipinski definition) is 8. The highest BCUT2D eigenvalue weighted by atomic mass is 35.5. The summed E-state index contributed by atoms with van der Waals surface area (Å²) in [6, 6.07) is 53.8. The molecule has 0 unspecified atom stereocenters. The number of hydrogen-bond donors (Lipinski definition) is 5. The maximum Gasteiger partial charge on any atom is 0.326 e. The molecule has 0 bridgehead atoms. The van der Waals surface area contributed by atoms with E-state index in [1.54, 1.807) is 97.1 Å². The van der Waals surface area contributed by atoms with E-state index in [-0.39, 0.29) is 29.9 Å². The monoisotopic (exact) mass is 1050 g/mol. The van der Waals surface area contributed by atoms with Gasteiger partial charge in [-0.1, -0.05) is 175 Å². The van der Waals surface area contributed by atoms with E-state index >= 15 is 4.79 Å². The van der Waals surface area contributed by atoms with Crippen LogP contribution in [0.15, 0.2) is 205 Å². The lowest BCUT2D eigenvalue weighted by molar-refractivity contribution is -0.142. The minimum atomic E-state index is -4.30. The molecule has 0 aliphatic carbocycles. The molecule has 7 aromatic carbocycles. The third kappa shape index (κ3) is 14.9. The number of thioether (sulfide) groups is 1. The molecule has 3 amide bonds. The van der Waals surface area contributed by atoms with Crippen molar-refractivity contribution >= 4 is 57.1 Å². The zero-order valence-corrected chi connectivity index (χ0v) is 43.6. The molecule has 0 aliphatic heterocycles. The molecule has 15 heteroatoms. The average Bonchev–Trinajstić information content (AvgIpc) is 3.40. The standard InChI is InChI=1S/C59H59ClN4O8S2/c1-58(2,3)72-48-35-31-43(32-36-48)37-50(54(65)62-52(57(68)69)39-41-19-9-4-10-20-41)61-56(67)53(40-73-59(44-21-11-5-12-22-44,45-23-13-6-14-24-45)46-25-15-7-16-26-46)63-55(66)51(38-42-29-33-47(60)34-30-42)64-74(70,71)49-27-17-8-18-28-49/h4-36,50-53,64H,37-40H2,1-3H3,(H,61,67)(H,62,65)(H,63,66)(H,68,69)/t50-,51-,52+,53+/m0/s1. The van der Waals surface area contributed by atoms with Gasteiger partial charge in [-0.15, -0.1) is 11.8 Å². The van der Waals surface area contributed by atoms with Crippen LogP contribution in [0.5, 0.6) is 5.75 Å². The average molecular weight is 1050 g/mol. The number of nitrogens with one attached hydrogen (secondary N) is 4. The summed E-state index contributed by atoms with van der Waals surface area (Å²) < 4.78 is 35.6. The van der Waals surface area contributed by atoms with Gasteiger partial charge in [0.2, 0.25) is 27.7 Å². The molecule has 0 saturated heterocycles. The van der Waals surface area contributed by atoms with Crippen LogP contribution in [0.2, 0.25) is 5.02 Å². The van der Waals surface area contributed by atoms with E-state index in [1.165, 1.54) is 23.9 Å². The number of amides is 3. The number of carboxylic acid groups (broad SMARTS) is 1. The molecule has 0 saturated carbocycles. The zero-order valence-electron chi connectivity index (χ0n) is 41.2. The van der Waals surface area contributed by atoms with Gasteiger partial charge in [0.15, 0.2) is 0 Å². The summed E-state index contributed by atoms with van der Waals surface area (Å²) >= 11 is 7.60. The molecule has 4 atom stereocenters. The van der Waals surface area contributed by atoms with E-state index in [1.807, 2.05) is 112 Å². The summed E-state index contributed by atoms with van der Waals surface area (Å²) in [6.45, 7) is 5.75. The molecule has 12 nitrogen and oxygen atoms in total. The molecule has 0 fully saturated rings. The van der Waals surface area contributed by atoms with Gasteiger partial charge in [0, 0.05) is 23.6 Å². The lowest BCUT2D eigenvalue weighted by Crippen LogP contribution is -2.59. The van der Waals surface area contributed by atoms with Crippen molar-refractivity contribution in [1.82, 2.24) is 20.7 Å². The summed E-state index contributed by atoms with van der Waals surface area (Å²) in [7, 11) is -4.30. The van der Waals surface area contributed by atoms with Crippen LogP contribution in [0.1, 0.15) is 54.2 Å². The summed E-state index contributed by atoms with van der Waals surface area (Å²) in [5, 5.41) is 19.3. The molecule has 0 aliphatic rings. The van der Waals surface area contributed by atoms with Crippen LogP contribution in [-0.4, -0.2) is 72.7 Å². The minimum absolute atomic E-state index is 0.0365. The van der Waals surface area contributed by atoms with Gasteiger partial charge < -0.3 is 25.8 Å². The van der Waals surface area contributed by atoms with Gasteiger partial charge in [-0.25, -0.2) is 13.2 Å². The molecular formula is C59H59ClN4O8S2. The van der Waals surface area contributed by atoms with Crippen molar-refractivity contribution in [1.29, 1.82) is 0 Å². The highest BCUT2D eigenvalue weighted by Crippen LogP contribution is 2.48. The molecular weight excluding hydrogens is 992 g/mol. The highest BCUT2D eigenvalue weighted by Gasteiger charge is 2.40. The molecule has 0 heterocycles. The van der Waals surface area contributed by atoms with Gasteiger partial charge in [-0.2, -0.15) is 4.72 Å². The quantitative estimate of drug-likeness (QED) is 0.0391. The lowest BCUT2D eigenvalue weighted by Gasteiger charge is -2.37. The first kappa shape index (κ1) is 54.5. The fourth-order valence-electron chi connectivity index (χ4n) is 8.42. The number of ether oxygens (including phenoxy) is 1. The Morgan fingerprint density at radius 1 is 0.514 bits per heavy atom. The number of sulfonamides is 1. The van der Waals surface area contributed by atoms with Crippen molar-refractivity contribution in [2.24, 2.45) is 0 Å².